The van der Waals surface area contributed by atoms with Crippen LogP contribution in [0.4, 0.5) is 11.8 Å². The molecule has 0 bridgehead atoms. The van der Waals surface area contributed by atoms with Gasteiger partial charge in [-0.3, -0.25) is 0 Å². The van der Waals surface area contributed by atoms with Crippen molar-refractivity contribution in [2.24, 2.45) is 0 Å². The number of aromatic nitrogens is 2. The third-order valence-electron chi connectivity index (χ3n) is 2.55. The summed E-state index contributed by atoms with van der Waals surface area (Å²) in [5.74, 6) is 1.16. The molecule has 1 aliphatic heterocycles. The van der Waals surface area contributed by atoms with Gasteiger partial charge in [0.25, 0.3) is 0 Å². The highest BCUT2D eigenvalue weighted by molar-refractivity contribution is 5.48. The Hall–Kier alpha value is -1.40. The van der Waals surface area contributed by atoms with Gasteiger partial charge in [0.05, 0.1) is 12.3 Å². The Morgan fingerprint density at radius 1 is 1.50 bits per heavy atom. The molecule has 2 rings (SSSR count). The van der Waals surface area contributed by atoms with Gasteiger partial charge in [-0.05, 0) is 0 Å². The summed E-state index contributed by atoms with van der Waals surface area (Å²) in [5, 5.41) is 6.34. The van der Waals surface area contributed by atoms with Crippen LogP contribution in [-0.2, 0) is 17.7 Å². The molecule has 6 heteroatoms. The minimum Gasteiger partial charge on any atom is -0.383 e. The van der Waals surface area contributed by atoms with E-state index in [0.717, 1.165) is 30.8 Å². The largest absolute Gasteiger partial charge is 0.383 e. The molecule has 0 radical (unpaired) electrons. The van der Waals surface area contributed by atoms with E-state index < -0.39 is 0 Å². The van der Waals surface area contributed by atoms with Gasteiger partial charge >= 0.3 is 0 Å². The summed E-state index contributed by atoms with van der Waals surface area (Å²) in [6.07, 6.45) is 0.904. The van der Waals surface area contributed by atoms with Gasteiger partial charge in [-0.1, -0.05) is 0 Å². The maximum absolute atomic E-state index is 5.88. The van der Waals surface area contributed by atoms with Gasteiger partial charge in [-0.25, -0.2) is 4.98 Å². The topological polar surface area (TPSA) is 85.1 Å². The highest BCUT2D eigenvalue weighted by Crippen LogP contribution is 2.18. The molecule has 0 amide bonds. The maximum atomic E-state index is 5.88. The summed E-state index contributed by atoms with van der Waals surface area (Å²) in [5.41, 5.74) is 7.96. The molecule has 0 aromatic carbocycles. The number of anilines is 2. The first-order valence-corrected chi connectivity index (χ1v) is 5.40. The van der Waals surface area contributed by atoms with Gasteiger partial charge in [-0.15, -0.1) is 0 Å². The van der Waals surface area contributed by atoms with Crippen LogP contribution in [0.5, 0.6) is 0 Å². The first-order valence-electron chi connectivity index (χ1n) is 5.40. The number of nitrogens with two attached hydrogens (primary N) is 1. The van der Waals surface area contributed by atoms with E-state index in [-0.39, 0.29) is 0 Å². The van der Waals surface area contributed by atoms with E-state index in [0.29, 0.717) is 24.9 Å². The number of methoxy groups -OCH3 is 1. The van der Waals surface area contributed by atoms with Crippen molar-refractivity contribution in [1.82, 2.24) is 15.3 Å². The van der Waals surface area contributed by atoms with E-state index in [2.05, 4.69) is 20.6 Å². The second-order valence-electron chi connectivity index (χ2n) is 3.70. The summed E-state index contributed by atoms with van der Waals surface area (Å²) < 4.78 is 4.95. The van der Waals surface area contributed by atoms with Crippen molar-refractivity contribution in [3.8, 4) is 0 Å². The number of nitrogen functional groups attached to an aromatic ring is 1. The SMILES string of the molecule is COCCNc1nc(N)c2c(n1)CCNC2. The molecule has 6 nitrogen and oxygen atoms in total. The van der Waals surface area contributed by atoms with Gasteiger partial charge in [-0.2, -0.15) is 4.98 Å². The van der Waals surface area contributed by atoms with Crippen molar-refractivity contribution < 1.29 is 4.74 Å². The second kappa shape index (κ2) is 5.09. The van der Waals surface area contributed by atoms with Crippen molar-refractivity contribution in [2.75, 3.05) is 37.9 Å². The fourth-order valence-electron chi connectivity index (χ4n) is 1.71. The van der Waals surface area contributed by atoms with E-state index in [1.54, 1.807) is 7.11 Å². The molecule has 16 heavy (non-hydrogen) atoms. The van der Waals surface area contributed by atoms with Crippen LogP contribution in [0, 0.1) is 0 Å². The minimum absolute atomic E-state index is 0.567. The third-order valence-corrected chi connectivity index (χ3v) is 2.55. The van der Waals surface area contributed by atoms with Crippen LogP contribution in [-0.4, -0.2) is 36.8 Å². The number of ether oxygens (including phenoxy) is 1. The fourth-order valence-corrected chi connectivity index (χ4v) is 1.71. The van der Waals surface area contributed by atoms with Crippen LogP contribution >= 0.6 is 0 Å². The van der Waals surface area contributed by atoms with Crippen LogP contribution < -0.4 is 16.4 Å². The Bertz CT molecular complexity index is 368. The molecular weight excluding hydrogens is 206 g/mol. The van der Waals surface area contributed by atoms with Gasteiger partial charge in [0, 0.05) is 38.7 Å². The smallest absolute Gasteiger partial charge is 0.224 e. The van der Waals surface area contributed by atoms with Gasteiger partial charge in [0.1, 0.15) is 5.82 Å². The molecule has 0 saturated heterocycles. The Kier molecular flexibility index (Phi) is 3.53. The highest BCUT2D eigenvalue weighted by atomic mass is 16.5. The predicted molar refractivity (Wildman–Crippen MR) is 62.2 cm³/mol. The summed E-state index contributed by atoms with van der Waals surface area (Å²) in [4.78, 5) is 8.67. The zero-order chi connectivity index (χ0) is 11.4. The van der Waals surface area contributed by atoms with Crippen LogP contribution in [0.3, 0.4) is 0 Å². The number of nitrogens with zero attached hydrogens (tertiary/aromatic N) is 2. The Morgan fingerprint density at radius 2 is 2.38 bits per heavy atom. The van der Waals surface area contributed by atoms with Gasteiger partial charge < -0.3 is 21.1 Å². The Labute approximate surface area is 94.6 Å². The van der Waals surface area contributed by atoms with Crippen LogP contribution in [0.15, 0.2) is 0 Å². The van der Waals surface area contributed by atoms with Crippen molar-refractivity contribution in [2.45, 2.75) is 13.0 Å². The average molecular weight is 223 g/mol. The molecule has 1 aromatic rings. The second-order valence-corrected chi connectivity index (χ2v) is 3.70. The molecule has 4 N–H and O–H groups in total. The minimum atomic E-state index is 0.567. The normalized spacial score (nSPS) is 14.6. The summed E-state index contributed by atoms with van der Waals surface area (Å²) in [6, 6.07) is 0. The lowest BCUT2D eigenvalue weighted by Crippen LogP contribution is -2.27. The number of fused-ring (bicyclic) bond motifs is 1. The molecule has 0 spiro atoms. The quantitative estimate of drug-likeness (QED) is 0.611. The van der Waals surface area contributed by atoms with Crippen LogP contribution in [0.25, 0.3) is 0 Å². The lowest BCUT2D eigenvalue weighted by atomic mass is 10.1. The Morgan fingerprint density at radius 3 is 3.19 bits per heavy atom. The van der Waals surface area contributed by atoms with Crippen molar-refractivity contribution >= 4 is 11.8 Å². The fraction of sp³-hybridized carbons (Fsp3) is 0.600. The van der Waals surface area contributed by atoms with Crippen molar-refractivity contribution in [1.29, 1.82) is 0 Å². The first-order chi connectivity index (χ1) is 7.81. The molecule has 0 fully saturated rings. The monoisotopic (exact) mass is 223 g/mol. The highest BCUT2D eigenvalue weighted by Gasteiger charge is 2.15. The number of rotatable bonds is 4. The van der Waals surface area contributed by atoms with E-state index in [1.807, 2.05) is 0 Å². The molecule has 0 unspecified atom stereocenters. The summed E-state index contributed by atoms with van der Waals surface area (Å²) >= 11 is 0. The van der Waals surface area contributed by atoms with Crippen LogP contribution in [0.2, 0.25) is 0 Å². The molecule has 1 aromatic heterocycles. The van der Waals surface area contributed by atoms with Crippen LogP contribution in [0.1, 0.15) is 11.3 Å². The Balaban J connectivity index is 2.12. The lowest BCUT2D eigenvalue weighted by molar-refractivity contribution is 0.210. The third kappa shape index (κ3) is 2.40. The van der Waals surface area contributed by atoms with Gasteiger partial charge in [0.2, 0.25) is 5.95 Å². The van der Waals surface area contributed by atoms with E-state index >= 15 is 0 Å². The molecule has 0 aliphatic carbocycles. The molecule has 0 atom stereocenters. The lowest BCUT2D eigenvalue weighted by Gasteiger charge is -2.18. The number of hydrogen-bond donors (Lipinski definition) is 3. The number of nitrogens with one attached hydrogen (secondary N) is 2. The molecule has 88 valence electrons. The maximum Gasteiger partial charge on any atom is 0.224 e. The molecular formula is C10H17N5O. The zero-order valence-electron chi connectivity index (χ0n) is 9.42. The molecule has 1 aliphatic rings. The average Bonchev–Trinajstić information content (AvgIpc) is 2.30. The standard InChI is InChI=1S/C10H17N5O/c1-16-5-4-13-10-14-8-2-3-12-6-7(8)9(11)15-10/h12H,2-6H2,1H3,(H3,11,13,14,15). The summed E-state index contributed by atoms with van der Waals surface area (Å²) in [6.45, 7) is 3.02. The summed E-state index contributed by atoms with van der Waals surface area (Å²) in [7, 11) is 1.66. The zero-order valence-corrected chi connectivity index (χ0v) is 9.42. The predicted octanol–water partition coefficient (Wildman–Crippen LogP) is -0.237. The van der Waals surface area contributed by atoms with E-state index in [9.17, 15) is 0 Å². The molecule has 0 saturated carbocycles. The van der Waals surface area contributed by atoms with Crippen molar-refractivity contribution in [3.05, 3.63) is 11.3 Å². The van der Waals surface area contributed by atoms with Crippen molar-refractivity contribution in [3.63, 3.8) is 0 Å². The molecule has 2 heterocycles. The first kappa shape index (κ1) is 11.1. The number of hydrogen-bond acceptors (Lipinski definition) is 6. The van der Waals surface area contributed by atoms with Gasteiger partial charge in [0.15, 0.2) is 0 Å². The van der Waals surface area contributed by atoms with E-state index in [4.69, 9.17) is 10.5 Å². The van der Waals surface area contributed by atoms with E-state index in [1.165, 1.54) is 0 Å².